The monoisotopic (exact) mass is 365 g/mol. The zero-order chi connectivity index (χ0) is 18.3. The lowest BCUT2D eigenvalue weighted by atomic mass is 9.96. The zero-order valence-corrected chi connectivity index (χ0v) is 13.5. The molecule has 0 fully saturated rings. The Morgan fingerprint density at radius 2 is 2.12 bits per heavy atom. The molecule has 1 aliphatic heterocycles. The molecule has 0 aliphatic carbocycles. The summed E-state index contributed by atoms with van der Waals surface area (Å²) in [5.74, 6) is -3.61. The highest BCUT2D eigenvalue weighted by Gasteiger charge is 2.33. The topological polar surface area (TPSA) is 117 Å². The van der Waals surface area contributed by atoms with Gasteiger partial charge in [-0.2, -0.15) is 0 Å². The van der Waals surface area contributed by atoms with Crippen molar-refractivity contribution < 1.29 is 24.2 Å². The van der Waals surface area contributed by atoms with Gasteiger partial charge in [-0.3, -0.25) is 9.59 Å². The normalized spacial score (nSPS) is 13.7. The van der Waals surface area contributed by atoms with Crippen molar-refractivity contribution in [1.29, 1.82) is 0 Å². The Bertz CT molecular complexity index is 903. The average Bonchev–Trinajstić information content (AvgIpc) is 2.56. The molecule has 0 bridgehead atoms. The minimum absolute atomic E-state index is 0.0666. The second kappa shape index (κ2) is 6.21. The van der Waals surface area contributed by atoms with Gasteiger partial charge in [0, 0.05) is 18.7 Å². The van der Waals surface area contributed by atoms with E-state index in [4.69, 9.17) is 17.3 Å². The van der Waals surface area contributed by atoms with E-state index < -0.39 is 29.3 Å². The summed E-state index contributed by atoms with van der Waals surface area (Å²) in [6.07, 6.45) is 0.217. The van der Waals surface area contributed by atoms with Crippen molar-refractivity contribution in [3.8, 4) is 11.6 Å². The van der Waals surface area contributed by atoms with Crippen LogP contribution in [0.2, 0.25) is 5.02 Å². The number of nitrogens with two attached hydrogens (primary N) is 1. The van der Waals surface area contributed by atoms with E-state index in [1.165, 1.54) is 23.1 Å². The highest BCUT2D eigenvalue weighted by Crippen LogP contribution is 2.35. The number of hydrogen-bond acceptors (Lipinski definition) is 5. The van der Waals surface area contributed by atoms with Crippen molar-refractivity contribution in [2.75, 3.05) is 6.54 Å². The molecule has 1 aromatic carbocycles. The van der Waals surface area contributed by atoms with Crippen LogP contribution in [0, 0.1) is 5.82 Å². The first kappa shape index (κ1) is 17.0. The Balaban J connectivity index is 1.98. The maximum Gasteiger partial charge on any atom is 0.267 e. The average molecular weight is 366 g/mol. The third kappa shape index (κ3) is 2.96. The van der Waals surface area contributed by atoms with Gasteiger partial charge in [0.05, 0.1) is 10.6 Å². The van der Waals surface area contributed by atoms with Crippen LogP contribution in [-0.2, 0) is 13.0 Å². The Labute approximate surface area is 146 Å². The summed E-state index contributed by atoms with van der Waals surface area (Å²) in [5.41, 5.74) is 5.56. The predicted molar refractivity (Wildman–Crippen MR) is 85.9 cm³/mol. The summed E-state index contributed by atoms with van der Waals surface area (Å²) < 4.78 is 13.2. The number of fused-ring (bicyclic) bond motifs is 1. The number of hydrogen-bond donors (Lipinski definition) is 3. The molecule has 0 atom stereocenters. The number of halogens is 2. The van der Waals surface area contributed by atoms with E-state index in [0.717, 1.165) is 0 Å². The van der Waals surface area contributed by atoms with E-state index >= 15 is 0 Å². The Hall–Kier alpha value is -2.87. The van der Waals surface area contributed by atoms with Gasteiger partial charge in [-0.25, -0.2) is 9.37 Å². The van der Waals surface area contributed by atoms with Crippen LogP contribution >= 0.6 is 11.6 Å². The van der Waals surface area contributed by atoms with Gasteiger partial charge in [-0.1, -0.05) is 17.7 Å². The quantitative estimate of drug-likeness (QED) is 0.763. The molecule has 9 heteroatoms. The van der Waals surface area contributed by atoms with Crippen LogP contribution in [0.25, 0.3) is 0 Å². The van der Waals surface area contributed by atoms with Crippen LogP contribution in [0.1, 0.15) is 32.0 Å². The second-order valence-electron chi connectivity index (χ2n) is 5.58. The number of amides is 2. The third-order valence-electron chi connectivity index (χ3n) is 3.98. The summed E-state index contributed by atoms with van der Waals surface area (Å²) in [5, 5.41) is 19.6. The zero-order valence-electron chi connectivity index (χ0n) is 12.8. The van der Waals surface area contributed by atoms with E-state index in [9.17, 15) is 24.2 Å². The minimum Gasteiger partial charge on any atom is -0.503 e. The van der Waals surface area contributed by atoms with Crippen LogP contribution in [0.4, 0.5) is 4.39 Å². The number of benzene rings is 1. The summed E-state index contributed by atoms with van der Waals surface area (Å²) in [7, 11) is 0. The molecule has 2 aromatic rings. The van der Waals surface area contributed by atoms with E-state index in [0.29, 0.717) is 5.56 Å². The van der Waals surface area contributed by atoms with Gasteiger partial charge in [-0.15, -0.1) is 0 Å². The lowest BCUT2D eigenvalue weighted by Gasteiger charge is -2.29. The smallest absolute Gasteiger partial charge is 0.267 e. The standard InChI is InChI=1S/C16H13ClFN3O4/c17-9-5-7(1-2-10(9)18)6-21-4-3-8-11(16(21)25)13(22)15(24)20-12(8)14(19)23/h1-2,5,22H,3-4,6H2,(H2,19,23)(H,20,24). The molecule has 0 saturated carbocycles. The number of carbonyl (C=O) groups excluding carboxylic acids is 2. The molecule has 2 amide bonds. The van der Waals surface area contributed by atoms with E-state index in [-0.39, 0.29) is 41.4 Å². The maximum absolute atomic E-state index is 13.2. The summed E-state index contributed by atoms with van der Waals surface area (Å²) in [6, 6.07) is 4.08. The van der Waals surface area contributed by atoms with E-state index in [1.54, 1.807) is 0 Å². The molecule has 130 valence electrons. The number of pyridine rings is 1. The number of aromatic nitrogens is 1. The van der Waals surface area contributed by atoms with Crippen molar-refractivity contribution in [2.24, 2.45) is 5.73 Å². The lowest BCUT2D eigenvalue weighted by Crippen LogP contribution is -2.38. The Kier molecular flexibility index (Phi) is 4.22. The number of nitrogens with zero attached hydrogens (tertiary/aromatic N) is 2. The summed E-state index contributed by atoms with van der Waals surface area (Å²) >= 11 is 5.74. The number of primary amides is 1. The molecule has 3 rings (SSSR count). The second-order valence-corrected chi connectivity index (χ2v) is 5.98. The summed E-state index contributed by atoms with van der Waals surface area (Å²) in [6.45, 7) is 0.347. The van der Waals surface area contributed by atoms with Crippen LogP contribution in [0.3, 0.4) is 0 Å². The molecular formula is C16H13ClFN3O4. The highest BCUT2D eigenvalue weighted by molar-refractivity contribution is 6.30. The van der Waals surface area contributed by atoms with Gasteiger partial charge < -0.3 is 20.8 Å². The van der Waals surface area contributed by atoms with Crippen LogP contribution in [0.5, 0.6) is 11.6 Å². The van der Waals surface area contributed by atoms with Crippen molar-refractivity contribution in [3.05, 3.63) is 51.4 Å². The molecule has 25 heavy (non-hydrogen) atoms. The Morgan fingerprint density at radius 1 is 1.40 bits per heavy atom. The van der Waals surface area contributed by atoms with Crippen molar-refractivity contribution >= 4 is 23.4 Å². The third-order valence-corrected chi connectivity index (χ3v) is 4.27. The largest absolute Gasteiger partial charge is 0.503 e. The first-order valence-corrected chi connectivity index (χ1v) is 7.65. The first-order chi connectivity index (χ1) is 11.8. The molecule has 0 saturated heterocycles. The molecule has 0 unspecified atom stereocenters. The fourth-order valence-electron chi connectivity index (χ4n) is 2.79. The van der Waals surface area contributed by atoms with E-state index in [1.807, 2.05) is 0 Å². The molecule has 1 aliphatic rings. The van der Waals surface area contributed by atoms with Gasteiger partial charge >= 0.3 is 0 Å². The fraction of sp³-hybridized carbons (Fsp3) is 0.188. The number of aromatic hydroxyl groups is 2. The molecule has 4 N–H and O–H groups in total. The number of rotatable bonds is 3. The SMILES string of the molecule is NC(=O)c1nc(O)c(O)c2c1CCN(Cc1ccc(F)c(Cl)c1)C2=O. The van der Waals surface area contributed by atoms with Crippen LogP contribution in [0.15, 0.2) is 18.2 Å². The molecule has 0 radical (unpaired) electrons. The molecule has 7 nitrogen and oxygen atoms in total. The van der Waals surface area contributed by atoms with Gasteiger partial charge in [0.1, 0.15) is 11.5 Å². The number of carbonyl (C=O) groups is 2. The molecule has 1 aromatic heterocycles. The van der Waals surface area contributed by atoms with Crippen molar-refractivity contribution in [3.63, 3.8) is 0 Å². The van der Waals surface area contributed by atoms with Gasteiger partial charge in [0.15, 0.2) is 5.75 Å². The van der Waals surface area contributed by atoms with Crippen LogP contribution < -0.4 is 5.73 Å². The molecule has 2 heterocycles. The first-order valence-electron chi connectivity index (χ1n) is 7.27. The fourth-order valence-corrected chi connectivity index (χ4v) is 3.00. The maximum atomic E-state index is 13.2. The molecule has 0 spiro atoms. The van der Waals surface area contributed by atoms with Gasteiger partial charge in [0.2, 0.25) is 0 Å². The Morgan fingerprint density at radius 3 is 2.76 bits per heavy atom. The van der Waals surface area contributed by atoms with Crippen LogP contribution in [-0.4, -0.2) is 38.5 Å². The van der Waals surface area contributed by atoms with Crippen molar-refractivity contribution in [1.82, 2.24) is 9.88 Å². The lowest BCUT2D eigenvalue weighted by molar-refractivity contribution is 0.0721. The van der Waals surface area contributed by atoms with E-state index in [2.05, 4.69) is 4.98 Å². The van der Waals surface area contributed by atoms with Gasteiger partial charge in [-0.05, 0) is 24.1 Å². The minimum atomic E-state index is -0.905. The summed E-state index contributed by atoms with van der Waals surface area (Å²) in [4.78, 5) is 29.1. The van der Waals surface area contributed by atoms with Gasteiger partial charge in [0.25, 0.3) is 17.7 Å². The van der Waals surface area contributed by atoms with Crippen molar-refractivity contribution in [2.45, 2.75) is 13.0 Å². The predicted octanol–water partition coefficient (Wildman–Crippen LogP) is 1.58. The molecular weight excluding hydrogens is 353 g/mol. The highest BCUT2D eigenvalue weighted by atomic mass is 35.5.